The Morgan fingerprint density at radius 1 is 1.06 bits per heavy atom. The van der Waals surface area contributed by atoms with E-state index >= 15 is 0 Å². The van der Waals surface area contributed by atoms with E-state index in [1.165, 1.54) is 40.5 Å². The van der Waals surface area contributed by atoms with Crippen LogP contribution in [-0.2, 0) is 14.6 Å². The zero-order valence-electron chi connectivity index (χ0n) is 19.0. The molecule has 0 saturated heterocycles. The number of halogens is 1. The van der Waals surface area contributed by atoms with Crippen LogP contribution in [0.15, 0.2) is 47.4 Å². The predicted octanol–water partition coefficient (Wildman–Crippen LogP) is 4.50. The van der Waals surface area contributed by atoms with Crippen LogP contribution in [0.5, 0.6) is 5.75 Å². The average molecular weight is 510 g/mol. The molecule has 1 amide bonds. The van der Waals surface area contributed by atoms with Gasteiger partial charge in [0.2, 0.25) is 5.91 Å². The van der Waals surface area contributed by atoms with Crippen LogP contribution in [0.2, 0.25) is 5.02 Å². The lowest BCUT2D eigenvalue weighted by atomic mass is 10.3. The highest BCUT2D eigenvalue weighted by Gasteiger charge is 2.27. The van der Waals surface area contributed by atoms with Gasteiger partial charge in [-0.1, -0.05) is 36.8 Å². The molecule has 0 N–H and O–H groups in total. The van der Waals surface area contributed by atoms with Gasteiger partial charge in [-0.15, -0.1) is 0 Å². The molecular weight excluding hydrogens is 482 g/mol. The van der Waals surface area contributed by atoms with Crippen molar-refractivity contribution in [2.75, 3.05) is 43.4 Å². The van der Waals surface area contributed by atoms with Gasteiger partial charge in [0.05, 0.1) is 21.7 Å². The van der Waals surface area contributed by atoms with Gasteiger partial charge in [-0.3, -0.25) is 9.69 Å². The molecule has 0 aliphatic heterocycles. The van der Waals surface area contributed by atoms with Crippen molar-refractivity contribution in [2.45, 2.75) is 25.7 Å². The Labute approximate surface area is 203 Å². The second-order valence-electron chi connectivity index (χ2n) is 7.34. The fraction of sp³-hybridized carbons (Fsp3) is 0.391. The summed E-state index contributed by atoms with van der Waals surface area (Å²) in [7, 11) is -3.83. The Morgan fingerprint density at radius 3 is 2.39 bits per heavy atom. The van der Waals surface area contributed by atoms with Gasteiger partial charge in [-0.25, -0.2) is 13.4 Å². The molecule has 0 unspecified atom stereocenters. The third-order valence-electron chi connectivity index (χ3n) is 5.21. The summed E-state index contributed by atoms with van der Waals surface area (Å²) in [6, 6.07) is 11.4. The molecule has 3 aromatic rings. The molecule has 178 valence electrons. The van der Waals surface area contributed by atoms with E-state index in [0.717, 1.165) is 29.1 Å². The summed E-state index contributed by atoms with van der Waals surface area (Å²) >= 11 is 7.22. The number of thiazole rings is 1. The van der Waals surface area contributed by atoms with Gasteiger partial charge in [0.25, 0.3) is 0 Å². The van der Waals surface area contributed by atoms with Crippen LogP contribution in [0, 0.1) is 0 Å². The number of nitrogens with zero attached hydrogens (tertiary/aromatic N) is 3. The summed E-state index contributed by atoms with van der Waals surface area (Å²) in [5, 5.41) is 0.907. The number of rotatable bonds is 11. The number of aromatic nitrogens is 1. The number of benzene rings is 2. The van der Waals surface area contributed by atoms with E-state index < -0.39 is 21.5 Å². The third-order valence-corrected chi connectivity index (χ3v) is 8.12. The minimum atomic E-state index is -3.83. The van der Waals surface area contributed by atoms with E-state index in [-0.39, 0.29) is 4.90 Å². The highest BCUT2D eigenvalue weighted by atomic mass is 35.5. The van der Waals surface area contributed by atoms with Crippen molar-refractivity contribution in [1.29, 1.82) is 0 Å². The van der Waals surface area contributed by atoms with E-state index in [2.05, 4.69) is 9.88 Å². The van der Waals surface area contributed by atoms with Gasteiger partial charge in [0, 0.05) is 18.1 Å². The lowest BCUT2D eigenvalue weighted by Crippen LogP contribution is -2.41. The number of fused-ring (bicyclic) bond motifs is 1. The van der Waals surface area contributed by atoms with Crippen molar-refractivity contribution in [3.63, 3.8) is 0 Å². The second-order valence-corrected chi connectivity index (χ2v) is 10.8. The van der Waals surface area contributed by atoms with Crippen LogP contribution in [0.4, 0.5) is 5.13 Å². The van der Waals surface area contributed by atoms with Crippen LogP contribution in [0.3, 0.4) is 0 Å². The summed E-state index contributed by atoms with van der Waals surface area (Å²) < 4.78 is 32.2. The molecular formula is C23H28ClN3O4S2. The first-order valence-electron chi connectivity index (χ1n) is 10.8. The van der Waals surface area contributed by atoms with E-state index in [1.807, 2.05) is 39.0 Å². The standard InChI is InChI=1S/C23H28ClN3O4S2/c1-4-26(5-2)13-14-27(22(28)16-33(29,30)19-10-7-17(24)8-11-19)23-25-20-12-9-18(31-6-3)15-21(20)32-23/h7-12,15H,4-6,13-14,16H2,1-3H3. The van der Waals surface area contributed by atoms with E-state index in [4.69, 9.17) is 16.3 Å². The van der Waals surface area contributed by atoms with Crippen LogP contribution in [0.25, 0.3) is 10.2 Å². The number of carbonyl (C=O) groups is 1. The lowest BCUT2D eigenvalue weighted by Gasteiger charge is -2.24. The number of sulfone groups is 1. The summed E-state index contributed by atoms with van der Waals surface area (Å²) in [4.78, 5) is 21.6. The SMILES string of the molecule is CCOc1ccc2nc(N(CCN(CC)CC)C(=O)CS(=O)(=O)c3ccc(Cl)cc3)sc2c1. The van der Waals surface area contributed by atoms with Crippen LogP contribution in [0.1, 0.15) is 20.8 Å². The maximum atomic E-state index is 13.3. The Bertz CT molecular complexity index is 1190. The molecule has 0 aliphatic rings. The van der Waals surface area contributed by atoms with Crippen molar-refractivity contribution < 1.29 is 17.9 Å². The van der Waals surface area contributed by atoms with Crippen molar-refractivity contribution in [3.8, 4) is 5.75 Å². The lowest BCUT2D eigenvalue weighted by molar-refractivity contribution is -0.116. The molecule has 0 bridgehead atoms. The first-order valence-corrected chi connectivity index (χ1v) is 13.7. The summed E-state index contributed by atoms with van der Waals surface area (Å²) in [6.45, 7) is 9.18. The fourth-order valence-electron chi connectivity index (χ4n) is 3.34. The van der Waals surface area contributed by atoms with Gasteiger partial charge in [0.15, 0.2) is 15.0 Å². The quantitative estimate of drug-likeness (QED) is 0.378. The van der Waals surface area contributed by atoms with Crippen LogP contribution in [-0.4, -0.2) is 62.7 Å². The molecule has 0 spiro atoms. The van der Waals surface area contributed by atoms with Crippen LogP contribution >= 0.6 is 22.9 Å². The van der Waals surface area contributed by atoms with Crippen molar-refractivity contribution in [2.24, 2.45) is 0 Å². The number of anilines is 1. The minimum Gasteiger partial charge on any atom is -0.494 e. The summed E-state index contributed by atoms with van der Waals surface area (Å²) in [6.07, 6.45) is 0. The molecule has 33 heavy (non-hydrogen) atoms. The van der Waals surface area contributed by atoms with Crippen LogP contribution < -0.4 is 9.64 Å². The van der Waals surface area contributed by atoms with Crippen molar-refractivity contribution >= 4 is 54.0 Å². The first-order chi connectivity index (χ1) is 15.8. The summed E-state index contributed by atoms with van der Waals surface area (Å²) in [5.74, 6) is -0.430. The molecule has 1 heterocycles. The molecule has 1 aromatic heterocycles. The zero-order valence-corrected chi connectivity index (χ0v) is 21.3. The molecule has 2 aromatic carbocycles. The summed E-state index contributed by atoms with van der Waals surface area (Å²) in [5.41, 5.74) is 0.736. The number of carbonyl (C=O) groups excluding carboxylic acids is 1. The topological polar surface area (TPSA) is 79.8 Å². The van der Waals surface area contributed by atoms with E-state index in [1.54, 1.807) is 0 Å². The molecule has 0 radical (unpaired) electrons. The van der Waals surface area contributed by atoms with Gasteiger partial charge in [0.1, 0.15) is 11.5 Å². The molecule has 3 rings (SSSR count). The van der Waals surface area contributed by atoms with E-state index in [9.17, 15) is 13.2 Å². The monoisotopic (exact) mass is 509 g/mol. The number of likely N-dealkylation sites (N-methyl/N-ethyl adjacent to an activating group) is 1. The highest BCUT2D eigenvalue weighted by molar-refractivity contribution is 7.92. The highest BCUT2D eigenvalue weighted by Crippen LogP contribution is 2.32. The maximum absolute atomic E-state index is 13.3. The fourth-order valence-corrected chi connectivity index (χ4v) is 5.70. The molecule has 0 fully saturated rings. The van der Waals surface area contributed by atoms with Gasteiger partial charge in [-0.05, 0) is 62.5 Å². The molecule has 0 saturated carbocycles. The second kappa shape index (κ2) is 11.3. The molecule has 7 nitrogen and oxygen atoms in total. The molecule has 10 heteroatoms. The van der Waals surface area contributed by atoms with Gasteiger partial charge in [-0.2, -0.15) is 0 Å². The number of hydrogen-bond acceptors (Lipinski definition) is 7. The Morgan fingerprint density at radius 2 is 1.76 bits per heavy atom. The third kappa shape index (κ3) is 6.44. The van der Waals surface area contributed by atoms with E-state index in [0.29, 0.717) is 29.9 Å². The Hall–Kier alpha value is -2.20. The zero-order chi connectivity index (χ0) is 24.0. The smallest absolute Gasteiger partial charge is 0.244 e. The largest absolute Gasteiger partial charge is 0.494 e. The predicted molar refractivity (Wildman–Crippen MR) is 134 cm³/mol. The Kier molecular flexibility index (Phi) is 8.69. The maximum Gasteiger partial charge on any atom is 0.244 e. The van der Waals surface area contributed by atoms with Crippen molar-refractivity contribution in [1.82, 2.24) is 9.88 Å². The van der Waals surface area contributed by atoms with Gasteiger partial charge >= 0.3 is 0 Å². The Balaban J connectivity index is 1.90. The minimum absolute atomic E-state index is 0.0644. The first kappa shape index (κ1) is 25.4. The average Bonchev–Trinajstić information content (AvgIpc) is 3.20. The molecule has 0 atom stereocenters. The van der Waals surface area contributed by atoms with Gasteiger partial charge < -0.3 is 9.64 Å². The number of hydrogen-bond donors (Lipinski definition) is 0. The number of ether oxygens (including phenoxy) is 1. The number of amides is 1. The molecule has 0 aliphatic carbocycles. The normalized spacial score (nSPS) is 11.8. The van der Waals surface area contributed by atoms with Crippen molar-refractivity contribution in [3.05, 3.63) is 47.5 Å².